The van der Waals surface area contributed by atoms with Crippen molar-refractivity contribution in [3.8, 4) is 28.3 Å². The first-order chi connectivity index (χ1) is 18.2. The van der Waals surface area contributed by atoms with Crippen LogP contribution in [-0.4, -0.2) is 14.5 Å². The zero-order valence-electron chi connectivity index (χ0n) is 20.7. The Kier molecular flexibility index (Phi) is 4.93. The van der Waals surface area contributed by atoms with Crippen molar-refractivity contribution >= 4 is 33.0 Å². The molecule has 0 aliphatic heterocycles. The number of furan rings is 1. The lowest BCUT2D eigenvalue weighted by atomic mass is 10.0. The Bertz CT molecular complexity index is 1900. The van der Waals surface area contributed by atoms with E-state index >= 15 is 0 Å². The van der Waals surface area contributed by atoms with Crippen LogP contribution in [0.2, 0.25) is 0 Å². The zero-order valence-corrected chi connectivity index (χ0v) is 20.7. The second-order valence-corrected chi connectivity index (χ2v) is 9.70. The summed E-state index contributed by atoms with van der Waals surface area (Å²) in [5.41, 5.74) is 8.80. The van der Waals surface area contributed by atoms with Gasteiger partial charge in [0.05, 0.1) is 11.2 Å². The number of benzene rings is 4. The molecule has 0 atom stereocenters. The van der Waals surface area contributed by atoms with E-state index in [9.17, 15) is 0 Å². The number of aromatic nitrogens is 3. The lowest BCUT2D eigenvalue weighted by molar-refractivity contribution is 0.672. The summed E-state index contributed by atoms with van der Waals surface area (Å²) >= 11 is 0. The van der Waals surface area contributed by atoms with Gasteiger partial charge in [-0.05, 0) is 53.9 Å². The summed E-state index contributed by atoms with van der Waals surface area (Å²) < 4.78 is 8.89. The molecule has 3 aromatic heterocycles. The summed E-state index contributed by atoms with van der Waals surface area (Å²) in [7, 11) is 0. The summed E-state index contributed by atoms with van der Waals surface area (Å²) in [6.45, 7) is 4.40. The fourth-order valence-electron chi connectivity index (χ4n) is 5.17. The van der Waals surface area contributed by atoms with Gasteiger partial charge < -0.3 is 4.42 Å². The molecule has 0 amide bonds. The molecule has 0 fully saturated rings. The van der Waals surface area contributed by atoms with Gasteiger partial charge in [0.2, 0.25) is 0 Å². The Hall–Kier alpha value is -4.70. The van der Waals surface area contributed by atoms with Crippen LogP contribution in [0, 0.1) is 0 Å². The molecule has 0 saturated heterocycles. The molecular weight excluding hydrogens is 454 g/mol. The molecule has 3 heterocycles. The smallest absolute Gasteiger partial charge is 0.163 e. The first kappa shape index (κ1) is 21.6. The Morgan fingerprint density at radius 1 is 0.730 bits per heavy atom. The maximum absolute atomic E-state index is 6.68. The summed E-state index contributed by atoms with van der Waals surface area (Å²) in [4.78, 5) is 9.87. The van der Waals surface area contributed by atoms with E-state index in [0.717, 1.165) is 61.3 Å². The average molecular weight is 480 g/mol. The number of pyridine rings is 1. The number of hydrogen-bond donors (Lipinski definition) is 0. The first-order valence-electron chi connectivity index (χ1n) is 12.6. The Balaban J connectivity index is 1.53. The predicted octanol–water partition coefficient (Wildman–Crippen LogP) is 8.78. The number of imidazole rings is 1. The number of rotatable bonds is 4. The van der Waals surface area contributed by atoms with Gasteiger partial charge in [0, 0.05) is 33.8 Å². The van der Waals surface area contributed by atoms with Gasteiger partial charge in [0.1, 0.15) is 16.9 Å². The van der Waals surface area contributed by atoms with Crippen LogP contribution in [0.5, 0.6) is 0 Å². The van der Waals surface area contributed by atoms with Gasteiger partial charge in [-0.3, -0.25) is 9.55 Å². The van der Waals surface area contributed by atoms with Crippen LogP contribution in [0.15, 0.2) is 114 Å². The third-order valence-electron chi connectivity index (χ3n) is 7.06. The maximum atomic E-state index is 6.68. The minimum Gasteiger partial charge on any atom is -0.453 e. The molecule has 0 aliphatic rings. The predicted molar refractivity (Wildman–Crippen MR) is 151 cm³/mol. The maximum Gasteiger partial charge on any atom is 0.163 e. The highest BCUT2D eigenvalue weighted by molar-refractivity contribution is 6.16. The fraction of sp³-hybridized carbons (Fsp3) is 0.0909. The number of nitrogens with zero attached hydrogens (tertiary/aromatic N) is 3. The number of para-hydroxylation sites is 2. The quantitative estimate of drug-likeness (QED) is 0.253. The Morgan fingerprint density at radius 3 is 2.27 bits per heavy atom. The molecule has 0 radical (unpaired) electrons. The highest BCUT2D eigenvalue weighted by atomic mass is 16.3. The van der Waals surface area contributed by atoms with E-state index in [4.69, 9.17) is 14.4 Å². The molecule has 0 N–H and O–H groups in total. The monoisotopic (exact) mass is 479 g/mol. The van der Waals surface area contributed by atoms with E-state index < -0.39 is 0 Å². The van der Waals surface area contributed by atoms with Crippen molar-refractivity contribution in [2.24, 2.45) is 0 Å². The van der Waals surface area contributed by atoms with Crippen LogP contribution in [0.25, 0.3) is 61.3 Å². The first-order valence-corrected chi connectivity index (χ1v) is 12.6. The average Bonchev–Trinajstić information content (AvgIpc) is 3.53. The van der Waals surface area contributed by atoms with Gasteiger partial charge in [-0.25, -0.2) is 4.98 Å². The Morgan fingerprint density at radius 2 is 1.49 bits per heavy atom. The molecule has 37 heavy (non-hydrogen) atoms. The summed E-state index contributed by atoms with van der Waals surface area (Å²) in [6, 6.07) is 35.5. The van der Waals surface area contributed by atoms with Gasteiger partial charge >= 0.3 is 0 Å². The van der Waals surface area contributed by atoms with Crippen molar-refractivity contribution in [1.29, 1.82) is 0 Å². The lowest BCUT2D eigenvalue weighted by Crippen LogP contribution is -1.96. The van der Waals surface area contributed by atoms with Crippen LogP contribution >= 0.6 is 0 Å². The van der Waals surface area contributed by atoms with Crippen LogP contribution in [0.4, 0.5) is 0 Å². The van der Waals surface area contributed by atoms with E-state index in [1.165, 1.54) is 5.56 Å². The van der Waals surface area contributed by atoms with E-state index in [1.54, 1.807) is 0 Å². The molecule has 0 unspecified atom stereocenters. The summed E-state index contributed by atoms with van der Waals surface area (Å²) in [5, 5.41) is 2.13. The second-order valence-electron chi connectivity index (χ2n) is 9.70. The second kappa shape index (κ2) is 8.45. The Labute approximate surface area is 214 Å². The van der Waals surface area contributed by atoms with E-state index in [2.05, 4.69) is 97.3 Å². The molecule has 0 bridgehead atoms. The van der Waals surface area contributed by atoms with Crippen molar-refractivity contribution in [1.82, 2.24) is 14.5 Å². The molecule has 0 spiro atoms. The summed E-state index contributed by atoms with van der Waals surface area (Å²) in [6.07, 6.45) is 1.89. The molecule has 7 aromatic rings. The largest absolute Gasteiger partial charge is 0.453 e. The molecule has 4 aromatic carbocycles. The molecule has 0 saturated carbocycles. The van der Waals surface area contributed by atoms with E-state index in [0.29, 0.717) is 5.92 Å². The fourth-order valence-corrected chi connectivity index (χ4v) is 5.17. The van der Waals surface area contributed by atoms with Crippen molar-refractivity contribution in [2.75, 3.05) is 0 Å². The van der Waals surface area contributed by atoms with Crippen molar-refractivity contribution in [2.45, 2.75) is 19.8 Å². The van der Waals surface area contributed by atoms with Crippen LogP contribution in [0.1, 0.15) is 25.3 Å². The molecule has 4 nitrogen and oxygen atoms in total. The van der Waals surface area contributed by atoms with Crippen LogP contribution in [-0.2, 0) is 0 Å². The van der Waals surface area contributed by atoms with Gasteiger partial charge in [0.15, 0.2) is 5.58 Å². The number of fused-ring (bicyclic) bond motifs is 5. The van der Waals surface area contributed by atoms with Crippen molar-refractivity contribution in [3.05, 3.63) is 115 Å². The van der Waals surface area contributed by atoms with Crippen molar-refractivity contribution < 1.29 is 4.42 Å². The zero-order chi connectivity index (χ0) is 24.9. The van der Waals surface area contributed by atoms with Crippen LogP contribution < -0.4 is 0 Å². The van der Waals surface area contributed by atoms with E-state index in [1.807, 2.05) is 30.5 Å². The third kappa shape index (κ3) is 3.45. The number of hydrogen-bond acceptors (Lipinski definition) is 3. The topological polar surface area (TPSA) is 43.9 Å². The van der Waals surface area contributed by atoms with Crippen molar-refractivity contribution in [3.63, 3.8) is 0 Å². The molecule has 0 aliphatic carbocycles. The minimum atomic E-state index is 0.426. The minimum absolute atomic E-state index is 0.426. The van der Waals surface area contributed by atoms with Gasteiger partial charge in [0.25, 0.3) is 0 Å². The highest BCUT2D eigenvalue weighted by Gasteiger charge is 2.21. The van der Waals surface area contributed by atoms with Gasteiger partial charge in [-0.15, -0.1) is 0 Å². The molecule has 178 valence electrons. The standard InChI is InChI=1S/C33H25N3O/c1-21(2)23-18-19-34-28(20-23)27-15-9-14-25-26-16-17-29-30(32(26)37-31(25)27)35-33(22-10-5-3-6-11-22)36(29)24-12-7-4-8-13-24/h3-21H,1-2H3. The van der Waals surface area contributed by atoms with Gasteiger partial charge in [-0.1, -0.05) is 74.5 Å². The molecular formula is C33H25N3O. The SMILES string of the molecule is CC(C)c1ccnc(-c2cccc3c2oc2c3ccc3c2nc(-c2ccccc2)n3-c2ccccc2)c1. The lowest BCUT2D eigenvalue weighted by Gasteiger charge is -2.09. The van der Waals surface area contributed by atoms with Crippen LogP contribution in [0.3, 0.4) is 0 Å². The van der Waals surface area contributed by atoms with E-state index in [-0.39, 0.29) is 0 Å². The third-order valence-corrected chi connectivity index (χ3v) is 7.06. The molecule has 4 heteroatoms. The summed E-state index contributed by atoms with van der Waals surface area (Å²) in [5.74, 6) is 1.32. The highest BCUT2D eigenvalue weighted by Crippen LogP contribution is 2.40. The normalized spacial score (nSPS) is 11.8. The molecule has 7 rings (SSSR count). The van der Waals surface area contributed by atoms with Gasteiger partial charge in [-0.2, -0.15) is 0 Å².